The van der Waals surface area contributed by atoms with E-state index in [9.17, 15) is 19.5 Å². The van der Waals surface area contributed by atoms with Gasteiger partial charge in [-0.05, 0) is 44.8 Å². The molecule has 2 aromatic rings. The Morgan fingerprint density at radius 3 is 2.49 bits per heavy atom. The second-order valence-electron chi connectivity index (χ2n) is 9.71. The molecule has 1 fully saturated rings. The highest BCUT2D eigenvalue weighted by molar-refractivity contribution is 6.50. The SMILES string of the molecule is CCCCN1C(=O)[C@@]2(/C(=C(\O)c3ccc4c(c3)OCCO4)C(=O)C(=O)N2CCN(C)C)c2ccccc21. The fraction of sp³-hybridized carbons (Fsp3) is 0.393. The van der Waals surface area contributed by atoms with Crippen LogP contribution in [-0.2, 0) is 19.9 Å². The van der Waals surface area contributed by atoms with Crippen molar-refractivity contribution in [1.82, 2.24) is 9.80 Å². The number of ketones is 1. The molecule has 0 unspecified atom stereocenters. The largest absolute Gasteiger partial charge is 0.507 e. The topological polar surface area (TPSA) is 99.6 Å². The minimum atomic E-state index is -1.76. The van der Waals surface area contributed by atoms with Crippen LogP contribution in [0.3, 0.4) is 0 Å². The Balaban J connectivity index is 1.75. The number of hydrogen-bond donors (Lipinski definition) is 1. The zero-order valence-electron chi connectivity index (χ0n) is 21.3. The zero-order chi connectivity index (χ0) is 26.3. The lowest BCUT2D eigenvalue weighted by Crippen LogP contribution is -2.53. The maximum atomic E-state index is 14.4. The number of likely N-dealkylation sites (N-methyl/N-ethyl adjacent to an activating group) is 1. The number of hydrogen-bond acceptors (Lipinski definition) is 7. The molecule has 194 valence electrons. The summed E-state index contributed by atoms with van der Waals surface area (Å²) in [5.41, 5.74) is -0.541. The molecular weight excluding hydrogens is 474 g/mol. The third kappa shape index (κ3) is 3.76. The van der Waals surface area contributed by atoms with Crippen molar-refractivity contribution >= 4 is 29.0 Å². The van der Waals surface area contributed by atoms with E-state index in [1.54, 1.807) is 35.2 Å². The van der Waals surface area contributed by atoms with Crippen molar-refractivity contribution in [2.24, 2.45) is 0 Å². The molecule has 37 heavy (non-hydrogen) atoms. The van der Waals surface area contributed by atoms with Crippen LogP contribution in [0.15, 0.2) is 48.0 Å². The number of ether oxygens (including phenoxy) is 2. The molecular formula is C28H31N3O6. The fourth-order valence-corrected chi connectivity index (χ4v) is 5.34. The third-order valence-corrected chi connectivity index (χ3v) is 7.13. The van der Waals surface area contributed by atoms with Gasteiger partial charge >= 0.3 is 0 Å². The molecule has 9 heteroatoms. The number of nitrogens with zero attached hydrogens (tertiary/aromatic N) is 3. The summed E-state index contributed by atoms with van der Waals surface area (Å²) in [5, 5.41) is 11.6. The normalized spacial score (nSPS) is 21.9. The number of para-hydroxylation sites is 1. The second kappa shape index (κ2) is 9.55. The zero-order valence-corrected chi connectivity index (χ0v) is 21.3. The molecule has 3 aliphatic heterocycles. The first-order valence-corrected chi connectivity index (χ1v) is 12.6. The van der Waals surface area contributed by atoms with Crippen molar-refractivity contribution in [3.63, 3.8) is 0 Å². The van der Waals surface area contributed by atoms with Gasteiger partial charge in [0.15, 0.2) is 17.0 Å². The highest BCUT2D eigenvalue weighted by atomic mass is 16.6. The summed E-state index contributed by atoms with van der Waals surface area (Å²) < 4.78 is 11.2. The minimum absolute atomic E-state index is 0.136. The van der Waals surface area contributed by atoms with Gasteiger partial charge in [0.25, 0.3) is 17.6 Å². The Morgan fingerprint density at radius 1 is 1.03 bits per heavy atom. The number of amides is 2. The first-order valence-electron chi connectivity index (χ1n) is 12.6. The molecule has 3 heterocycles. The number of aliphatic hydroxyl groups excluding tert-OH is 1. The van der Waals surface area contributed by atoms with Crippen molar-refractivity contribution in [3.05, 3.63) is 59.2 Å². The minimum Gasteiger partial charge on any atom is -0.507 e. The number of fused-ring (bicyclic) bond motifs is 3. The van der Waals surface area contributed by atoms with Crippen molar-refractivity contribution in [2.45, 2.75) is 25.3 Å². The molecule has 2 amide bonds. The smallest absolute Gasteiger partial charge is 0.296 e. The van der Waals surface area contributed by atoms with Gasteiger partial charge in [0.2, 0.25) is 0 Å². The molecule has 0 aromatic heterocycles. The lowest BCUT2D eigenvalue weighted by atomic mass is 9.82. The van der Waals surface area contributed by atoms with E-state index >= 15 is 0 Å². The van der Waals surface area contributed by atoms with Crippen LogP contribution in [0.4, 0.5) is 5.69 Å². The van der Waals surface area contributed by atoms with Crippen LogP contribution in [0.5, 0.6) is 11.5 Å². The Bertz CT molecular complexity index is 1300. The van der Waals surface area contributed by atoms with Gasteiger partial charge in [-0.1, -0.05) is 31.5 Å². The molecule has 0 bridgehead atoms. The van der Waals surface area contributed by atoms with Gasteiger partial charge in [0, 0.05) is 30.8 Å². The van der Waals surface area contributed by atoms with Crippen molar-refractivity contribution in [2.75, 3.05) is 51.8 Å². The second-order valence-corrected chi connectivity index (χ2v) is 9.71. The maximum Gasteiger partial charge on any atom is 0.296 e. The number of aliphatic hydroxyl groups is 1. The van der Waals surface area contributed by atoms with Crippen LogP contribution in [0.2, 0.25) is 0 Å². The quantitative estimate of drug-likeness (QED) is 0.351. The molecule has 3 aliphatic rings. The number of carbonyl (C=O) groups excluding carboxylic acids is 3. The van der Waals surface area contributed by atoms with Crippen LogP contribution in [0, 0.1) is 0 Å². The van der Waals surface area contributed by atoms with Crippen LogP contribution >= 0.6 is 0 Å². The molecule has 0 saturated carbocycles. The van der Waals surface area contributed by atoms with Crippen LogP contribution in [0.1, 0.15) is 30.9 Å². The molecule has 9 nitrogen and oxygen atoms in total. The monoisotopic (exact) mass is 505 g/mol. The van der Waals surface area contributed by atoms with Gasteiger partial charge in [-0.3, -0.25) is 14.4 Å². The highest BCUT2D eigenvalue weighted by Crippen LogP contribution is 2.53. The molecule has 0 aliphatic carbocycles. The number of likely N-dealkylation sites (tertiary alicyclic amines) is 1. The summed E-state index contributed by atoms with van der Waals surface area (Å²) in [6.07, 6.45) is 1.62. The summed E-state index contributed by atoms with van der Waals surface area (Å²) >= 11 is 0. The third-order valence-electron chi connectivity index (χ3n) is 7.13. The number of anilines is 1. The van der Waals surface area contributed by atoms with Crippen molar-refractivity contribution < 1.29 is 29.0 Å². The average molecular weight is 506 g/mol. The van der Waals surface area contributed by atoms with E-state index in [1.165, 1.54) is 4.90 Å². The Kier molecular flexibility index (Phi) is 6.41. The Hall–Kier alpha value is -3.85. The average Bonchev–Trinajstić information content (AvgIpc) is 3.28. The Labute approximate surface area is 215 Å². The number of Topliss-reactive ketones (excluding diaryl/α,β-unsaturated/α-hetero) is 1. The van der Waals surface area contributed by atoms with Crippen molar-refractivity contribution in [3.8, 4) is 11.5 Å². The number of benzene rings is 2. The van der Waals surface area contributed by atoms with Gasteiger partial charge < -0.3 is 29.3 Å². The van der Waals surface area contributed by atoms with E-state index in [4.69, 9.17) is 9.47 Å². The molecule has 5 rings (SSSR count). The first-order chi connectivity index (χ1) is 17.8. The van der Waals surface area contributed by atoms with E-state index in [2.05, 4.69) is 0 Å². The Morgan fingerprint density at radius 2 is 1.76 bits per heavy atom. The number of unbranched alkanes of at least 4 members (excludes halogenated alkanes) is 1. The highest BCUT2D eigenvalue weighted by Gasteiger charge is 2.66. The van der Waals surface area contributed by atoms with Gasteiger partial charge in [-0.2, -0.15) is 0 Å². The van der Waals surface area contributed by atoms with Gasteiger partial charge in [0.1, 0.15) is 19.0 Å². The summed E-state index contributed by atoms with van der Waals surface area (Å²) in [5.74, 6) is -1.55. The summed E-state index contributed by atoms with van der Waals surface area (Å²) in [4.78, 5) is 46.4. The van der Waals surface area contributed by atoms with Crippen LogP contribution in [0.25, 0.3) is 5.76 Å². The lowest BCUT2D eigenvalue weighted by Gasteiger charge is -2.35. The first kappa shape index (κ1) is 24.8. The summed E-state index contributed by atoms with van der Waals surface area (Å²) in [6, 6.07) is 12.0. The van der Waals surface area contributed by atoms with E-state index in [0.29, 0.717) is 49.1 Å². The molecule has 0 radical (unpaired) electrons. The molecule has 1 atom stereocenters. The standard InChI is InChI=1S/C28H31N3O6/c1-4-5-12-30-20-9-7-6-8-19(20)28(27(30)35)23(25(33)26(34)31(28)14-13-29(2)3)24(32)18-10-11-21-22(17-18)37-16-15-36-21/h6-11,17,32H,4-5,12-16H2,1-3H3/b24-23-/t28-/m0/s1. The van der Waals surface area contributed by atoms with Crippen LogP contribution < -0.4 is 14.4 Å². The van der Waals surface area contributed by atoms with E-state index in [-0.39, 0.29) is 17.7 Å². The van der Waals surface area contributed by atoms with E-state index in [0.717, 1.165) is 12.8 Å². The van der Waals surface area contributed by atoms with Crippen LogP contribution in [-0.4, -0.2) is 79.4 Å². The molecule has 1 N–H and O–H groups in total. The lowest BCUT2D eigenvalue weighted by molar-refractivity contribution is -0.143. The fourth-order valence-electron chi connectivity index (χ4n) is 5.34. The summed E-state index contributed by atoms with van der Waals surface area (Å²) in [6.45, 7) is 3.81. The predicted molar refractivity (Wildman–Crippen MR) is 138 cm³/mol. The van der Waals surface area contributed by atoms with E-state index in [1.807, 2.05) is 38.1 Å². The van der Waals surface area contributed by atoms with Gasteiger partial charge in [-0.25, -0.2) is 0 Å². The molecule has 1 saturated heterocycles. The molecule has 1 spiro atoms. The van der Waals surface area contributed by atoms with Crippen molar-refractivity contribution in [1.29, 1.82) is 0 Å². The predicted octanol–water partition coefficient (Wildman–Crippen LogP) is 2.74. The van der Waals surface area contributed by atoms with E-state index < -0.39 is 28.9 Å². The van der Waals surface area contributed by atoms with Gasteiger partial charge in [-0.15, -0.1) is 0 Å². The molecule has 2 aromatic carbocycles. The van der Waals surface area contributed by atoms with Gasteiger partial charge in [0.05, 0.1) is 11.3 Å². The maximum absolute atomic E-state index is 14.4. The summed E-state index contributed by atoms with van der Waals surface area (Å²) in [7, 11) is 3.72. The number of rotatable bonds is 7. The number of carbonyl (C=O) groups is 3.